The molecule has 1 aromatic rings. The number of benzene rings is 1. The van der Waals surface area contributed by atoms with E-state index in [1.165, 1.54) is 28.2 Å². The van der Waals surface area contributed by atoms with Crippen molar-refractivity contribution in [3.8, 4) is 0 Å². The second kappa shape index (κ2) is 11.0. The molecule has 0 radical (unpaired) electrons. The lowest BCUT2D eigenvalue weighted by molar-refractivity contribution is -0.384. The summed E-state index contributed by atoms with van der Waals surface area (Å²) >= 11 is 0. The fraction of sp³-hybridized carbons (Fsp3) is 0.450. The van der Waals surface area contributed by atoms with E-state index in [0.29, 0.717) is 13.2 Å². The highest BCUT2D eigenvalue weighted by Crippen LogP contribution is 2.29. The van der Waals surface area contributed by atoms with Gasteiger partial charge in [0, 0.05) is 25.4 Å². The van der Waals surface area contributed by atoms with E-state index in [4.69, 9.17) is 4.74 Å². The lowest BCUT2D eigenvalue weighted by Crippen LogP contribution is -2.40. The van der Waals surface area contributed by atoms with Crippen LogP contribution in [-0.2, 0) is 14.8 Å². The number of nitro groups is 1. The van der Waals surface area contributed by atoms with E-state index >= 15 is 0 Å². The van der Waals surface area contributed by atoms with Crippen LogP contribution in [0.15, 0.2) is 51.5 Å². The first-order chi connectivity index (χ1) is 14.2. The van der Waals surface area contributed by atoms with Crippen molar-refractivity contribution in [2.24, 2.45) is 5.10 Å². The molecule has 1 aromatic carbocycles. The number of nitrogens with zero attached hydrogens (tertiary/aromatic N) is 3. The molecular formula is C20H28N4O5S. The minimum atomic E-state index is -3.82. The average Bonchev–Trinajstić information content (AvgIpc) is 2.71. The third-order valence-corrected chi connectivity index (χ3v) is 6.38. The second-order valence-electron chi connectivity index (χ2n) is 7.18. The van der Waals surface area contributed by atoms with Gasteiger partial charge in [0.05, 0.1) is 23.0 Å². The van der Waals surface area contributed by atoms with Crippen molar-refractivity contribution in [3.63, 3.8) is 0 Å². The molecule has 9 nitrogen and oxygen atoms in total. The van der Waals surface area contributed by atoms with E-state index in [-0.39, 0.29) is 29.4 Å². The standard InChI is InChI=1S/C20H28N4O5S/c1-16(2)5-4-6-17(3)9-10-21-22-19-8-7-18(15-20(19)24(25)26)30(27,28)23-11-13-29-14-12-23/h5,7-10,15,22H,4,6,11-14H2,1-3H3/b17-9+,21-10-. The number of rotatable bonds is 9. The zero-order valence-corrected chi connectivity index (χ0v) is 18.3. The van der Waals surface area contributed by atoms with Crippen LogP contribution in [0.1, 0.15) is 33.6 Å². The van der Waals surface area contributed by atoms with Crippen LogP contribution < -0.4 is 5.43 Å². The summed E-state index contributed by atoms with van der Waals surface area (Å²) in [7, 11) is -3.82. The maximum atomic E-state index is 12.7. The predicted octanol–water partition coefficient (Wildman–Crippen LogP) is 3.71. The number of ether oxygens (including phenoxy) is 1. The predicted molar refractivity (Wildman–Crippen MR) is 117 cm³/mol. The topological polar surface area (TPSA) is 114 Å². The summed E-state index contributed by atoms with van der Waals surface area (Å²) in [5.74, 6) is 0. The van der Waals surface area contributed by atoms with Gasteiger partial charge in [-0.15, -0.1) is 0 Å². The molecular weight excluding hydrogens is 408 g/mol. The van der Waals surface area contributed by atoms with Gasteiger partial charge in [-0.05, 0) is 51.8 Å². The summed E-state index contributed by atoms with van der Waals surface area (Å²) in [6.07, 6.45) is 7.35. The smallest absolute Gasteiger partial charge is 0.295 e. The Morgan fingerprint density at radius 2 is 2.00 bits per heavy atom. The molecule has 0 saturated carbocycles. The number of nitrogens with one attached hydrogen (secondary N) is 1. The van der Waals surface area contributed by atoms with Crippen LogP contribution >= 0.6 is 0 Å². The molecule has 0 aliphatic carbocycles. The number of hydrogen-bond donors (Lipinski definition) is 1. The minimum Gasteiger partial charge on any atom is -0.379 e. The number of anilines is 1. The van der Waals surface area contributed by atoms with Crippen LogP contribution in [0.4, 0.5) is 11.4 Å². The summed E-state index contributed by atoms with van der Waals surface area (Å²) in [5, 5.41) is 15.5. The van der Waals surface area contributed by atoms with Crippen molar-refractivity contribution in [1.82, 2.24) is 4.31 Å². The molecule has 164 valence electrons. The van der Waals surface area contributed by atoms with Gasteiger partial charge < -0.3 is 4.74 Å². The first kappa shape index (κ1) is 23.7. The molecule has 1 heterocycles. The Bertz CT molecular complexity index is 944. The van der Waals surface area contributed by atoms with Crippen LogP contribution in [0.3, 0.4) is 0 Å². The Kier molecular flexibility index (Phi) is 8.70. The quantitative estimate of drug-likeness (QED) is 0.273. The first-order valence-electron chi connectivity index (χ1n) is 9.66. The summed E-state index contributed by atoms with van der Waals surface area (Å²) < 4.78 is 31.9. The van der Waals surface area contributed by atoms with Crippen molar-refractivity contribution in [2.45, 2.75) is 38.5 Å². The van der Waals surface area contributed by atoms with Gasteiger partial charge in [0.1, 0.15) is 5.69 Å². The fourth-order valence-electron chi connectivity index (χ4n) is 2.80. The molecule has 0 aromatic heterocycles. The van der Waals surface area contributed by atoms with E-state index in [1.54, 1.807) is 0 Å². The zero-order chi connectivity index (χ0) is 22.1. The number of allylic oxidation sites excluding steroid dienone is 4. The van der Waals surface area contributed by atoms with Crippen LogP contribution in [0.25, 0.3) is 0 Å². The molecule has 0 atom stereocenters. The molecule has 0 spiro atoms. The Hall–Kier alpha value is -2.56. The molecule has 1 aliphatic rings. The number of nitro benzene ring substituents is 1. The van der Waals surface area contributed by atoms with Gasteiger partial charge >= 0.3 is 0 Å². The average molecular weight is 437 g/mol. The van der Waals surface area contributed by atoms with Gasteiger partial charge in [0.2, 0.25) is 10.0 Å². The number of hydrazone groups is 1. The van der Waals surface area contributed by atoms with E-state index in [0.717, 1.165) is 24.5 Å². The third-order valence-electron chi connectivity index (χ3n) is 4.48. The number of morpholine rings is 1. The normalized spacial score (nSPS) is 15.9. The molecule has 1 N–H and O–H groups in total. The number of sulfonamides is 1. The summed E-state index contributed by atoms with van der Waals surface area (Å²) in [6.45, 7) is 7.13. The Balaban J connectivity index is 2.12. The van der Waals surface area contributed by atoms with Crippen LogP contribution in [-0.4, -0.2) is 50.2 Å². The van der Waals surface area contributed by atoms with Gasteiger partial charge in [-0.3, -0.25) is 15.5 Å². The van der Waals surface area contributed by atoms with Crippen LogP contribution in [0, 0.1) is 10.1 Å². The molecule has 30 heavy (non-hydrogen) atoms. The third kappa shape index (κ3) is 6.75. The molecule has 1 fully saturated rings. The number of hydrogen-bond acceptors (Lipinski definition) is 7. The Morgan fingerprint density at radius 1 is 1.30 bits per heavy atom. The van der Waals surface area contributed by atoms with Crippen molar-refractivity contribution >= 4 is 27.6 Å². The van der Waals surface area contributed by atoms with Crippen molar-refractivity contribution in [2.75, 3.05) is 31.7 Å². The maximum Gasteiger partial charge on any atom is 0.295 e. The van der Waals surface area contributed by atoms with Crippen molar-refractivity contribution in [3.05, 3.63) is 51.6 Å². The van der Waals surface area contributed by atoms with Gasteiger partial charge in [0.15, 0.2) is 0 Å². The Morgan fingerprint density at radius 3 is 2.63 bits per heavy atom. The van der Waals surface area contributed by atoms with E-state index in [9.17, 15) is 18.5 Å². The zero-order valence-electron chi connectivity index (χ0n) is 17.5. The molecule has 0 bridgehead atoms. The Labute approximate surface area is 177 Å². The summed E-state index contributed by atoms with van der Waals surface area (Å²) in [4.78, 5) is 10.7. The molecule has 10 heteroatoms. The highest BCUT2D eigenvalue weighted by molar-refractivity contribution is 7.89. The van der Waals surface area contributed by atoms with E-state index < -0.39 is 14.9 Å². The van der Waals surface area contributed by atoms with Gasteiger partial charge in [-0.2, -0.15) is 9.41 Å². The summed E-state index contributed by atoms with van der Waals surface area (Å²) in [5.41, 5.74) is 4.78. The van der Waals surface area contributed by atoms with Crippen LogP contribution in [0.2, 0.25) is 0 Å². The fourth-order valence-corrected chi connectivity index (χ4v) is 4.23. The van der Waals surface area contributed by atoms with E-state index in [1.807, 2.05) is 13.0 Å². The lowest BCUT2D eigenvalue weighted by atomic mass is 10.1. The van der Waals surface area contributed by atoms with Gasteiger partial charge in [-0.1, -0.05) is 17.2 Å². The molecule has 1 saturated heterocycles. The monoisotopic (exact) mass is 436 g/mol. The highest BCUT2D eigenvalue weighted by atomic mass is 32.2. The SMILES string of the molecule is CC(C)=CCC/C(C)=C/C=N\Nc1ccc(S(=O)(=O)N2CCOCC2)cc1[N+](=O)[O-]. The first-order valence-corrected chi connectivity index (χ1v) is 11.1. The molecule has 1 aliphatic heterocycles. The van der Waals surface area contributed by atoms with Gasteiger partial charge in [-0.25, -0.2) is 8.42 Å². The maximum absolute atomic E-state index is 12.7. The van der Waals surface area contributed by atoms with Crippen molar-refractivity contribution < 1.29 is 18.1 Å². The van der Waals surface area contributed by atoms with Crippen molar-refractivity contribution in [1.29, 1.82) is 0 Å². The van der Waals surface area contributed by atoms with Gasteiger partial charge in [0.25, 0.3) is 5.69 Å². The minimum absolute atomic E-state index is 0.118. The summed E-state index contributed by atoms with van der Waals surface area (Å²) in [6, 6.07) is 3.76. The lowest BCUT2D eigenvalue weighted by Gasteiger charge is -2.26. The molecule has 0 unspecified atom stereocenters. The molecule has 2 rings (SSSR count). The van der Waals surface area contributed by atoms with E-state index in [2.05, 4.69) is 30.5 Å². The second-order valence-corrected chi connectivity index (χ2v) is 9.11. The highest BCUT2D eigenvalue weighted by Gasteiger charge is 2.28. The van der Waals surface area contributed by atoms with Crippen LogP contribution in [0.5, 0.6) is 0 Å². The largest absolute Gasteiger partial charge is 0.379 e. The molecule has 0 amide bonds.